The van der Waals surface area contributed by atoms with Gasteiger partial charge >= 0.3 is 5.97 Å². The normalized spacial score (nSPS) is 12.4. The van der Waals surface area contributed by atoms with Crippen molar-refractivity contribution in [3.63, 3.8) is 0 Å². The summed E-state index contributed by atoms with van der Waals surface area (Å²) in [5, 5.41) is 0.720. The second-order valence-corrected chi connectivity index (χ2v) is 7.61. The van der Waals surface area contributed by atoms with E-state index in [1.807, 2.05) is 57.2 Å². The van der Waals surface area contributed by atoms with Crippen LogP contribution < -0.4 is 0 Å². The summed E-state index contributed by atoms with van der Waals surface area (Å²) < 4.78 is 6.34. The van der Waals surface area contributed by atoms with Gasteiger partial charge in [0.2, 0.25) is 5.78 Å². The topological polar surface area (TPSA) is 56.3 Å². The fourth-order valence-corrected chi connectivity index (χ4v) is 3.68. The number of ketones is 1. The molecule has 1 heterocycles. The summed E-state index contributed by atoms with van der Waals surface area (Å²) in [7, 11) is 0. The second-order valence-electron chi connectivity index (χ2n) is 6.55. The number of nitrogens with zero attached hydrogens (tertiary/aromatic N) is 1. The molecule has 0 fully saturated rings. The molecule has 0 saturated heterocycles. The van der Waals surface area contributed by atoms with Gasteiger partial charge in [-0.2, -0.15) is 0 Å². The SMILES string of the molecule is Cc1cc(C)c(C(=O)C(C)OC(=O)/C=C/c2nc3ccccc3s2)cc1C. The lowest BCUT2D eigenvalue weighted by Gasteiger charge is -2.14. The summed E-state index contributed by atoms with van der Waals surface area (Å²) in [6.07, 6.45) is 2.08. The van der Waals surface area contributed by atoms with Crippen LogP contribution in [-0.4, -0.2) is 22.8 Å². The first-order chi connectivity index (χ1) is 12.8. The van der Waals surface area contributed by atoms with Crippen LogP contribution in [0, 0.1) is 20.8 Å². The molecule has 0 N–H and O–H groups in total. The van der Waals surface area contributed by atoms with E-state index in [4.69, 9.17) is 4.74 Å². The summed E-state index contributed by atoms with van der Waals surface area (Å²) >= 11 is 1.49. The molecule has 1 atom stereocenters. The molecule has 1 aromatic heterocycles. The maximum Gasteiger partial charge on any atom is 0.331 e. The van der Waals surface area contributed by atoms with Crippen LogP contribution in [0.25, 0.3) is 16.3 Å². The quantitative estimate of drug-likeness (QED) is 0.354. The Hall–Kier alpha value is -2.79. The van der Waals surface area contributed by atoms with Gasteiger partial charge in [-0.25, -0.2) is 9.78 Å². The van der Waals surface area contributed by atoms with Crippen LogP contribution in [0.2, 0.25) is 0 Å². The number of benzene rings is 2. The van der Waals surface area contributed by atoms with E-state index in [1.165, 1.54) is 17.4 Å². The van der Waals surface area contributed by atoms with E-state index in [0.717, 1.165) is 31.9 Å². The molecule has 4 nitrogen and oxygen atoms in total. The zero-order valence-corrected chi connectivity index (χ0v) is 16.6. The van der Waals surface area contributed by atoms with Crippen molar-refractivity contribution >= 4 is 39.4 Å². The van der Waals surface area contributed by atoms with Gasteiger partial charge in [0.05, 0.1) is 10.2 Å². The van der Waals surface area contributed by atoms with Crippen LogP contribution in [0.1, 0.15) is 39.0 Å². The van der Waals surface area contributed by atoms with E-state index >= 15 is 0 Å². The van der Waals surface area contributed by atoms with Gasteiger partial charge in [-0.15, -0.1) is 11.3 Å². The van der Waals surface area contributed by atoms with Crippen molar-refractivity contribution in [3.8, 4) is 0 Å². The van der Waals surface area contributed by atoms with Crippen LogP contribution in [0.3, 0.4) is 0 Å². The number of para-hydroxylation sites is 1. The first-order valence-corrected chi connectivity index (χ1v) is 9.53. The second kappa shape index (κ2) is 7.84. The standard InChI is InChI=1S/C22H21NO3S/c1-13-11-15(3)17(12-14(13)2)22(25)16(4)26-21(24)10-9-20-23-18-7-5-6-8-19(18)27-20/h5-12,16H,1-4H3/b10-9+. The van der Waals surface area contributed by atoms with Gasteiger partial charge in [0, 0.05) is 11.6 Å². The van der Waals surface area contributed by atoms with Gasteiger partial charge in [0.25, 0.3) is 0 Å². The molecule has 2 aromatic carbocycles. The molecule has 0 amide bonds. The smallest absolute Gasteiger partial charge is 0.331 e. The highest BCUT2D eigenvalue weighted by atomic mass is 32.1. The fraction of sp³-hybridized carbons (Fsp3) is 0.227. The molecule has 0 spiro atoms. The molecular weight excluding hydrogens is 358 g/mol. The minimum absolute atomic E-state index is 0.197. The molecular formula is C22H21NO3S. The summed E-state index contributed by atoms with van der Waals surface area (Å²) in [4.78, 5) is 29.2. The third-order valence-electron chi connectivity index (χ3n) is 4.44. The van der Waals surface area contributed by atoms with Gasteiger partial charge in [0.1, 0.15) is 5.01 Å². The van der Waals surface area contributed by atoms with E-state index < -0.39 is 12.1 Å². The van der Waals surface area contributed by atoms with Crippen LogP contribution in [0.15, 0.2) is 42.5 Å². The fourth-order valence-electron chi connectivity index (χ4n) is 2.81. The molecule has 5 heteroatoms. The molecule has 138 valence electrons. The highest BCUT2D eigenvalue weighted by Gasteiger charge is 2.20. The largest absolute Gasteiger partial charge is 0.451 e. The lowest BCUT2D eigenvalue weighted by atomic mass is 9.96. The first-order valence-electron chi connectivity index (χ1n) is 8.71. The number of esters is 1. The molecule has 0 aliphatic carbocycles. The Balaban J connectivity index is 1.68. The molecule has 0 bridgehead atoms. The molecule has 3 rings (SSSR count). The van der Waals surface area contributed by atoms with Crippen molar-refractivity contribution in [2.75, 3.05) is 0 Å². The maximum absolute atomic E-state index is 12.6. The Kier molecular flexibility index (Phi) is 5.51. The van der Waals surface area contributed by atoms with Gasteiger partial charge < -0.3 is 4.74 Å². The maximum atomic E-state index is 12.6. The third kappa shape index (κ3) is 4.31. The lowest BCUT2D eigenvalue weighted by Crippen LogP contribution is -2.24. The Morgan fingerprint density at radius 3 is 2.52 bits per heavy atom. The monoisotopic (exact) mass is 379 g/mol. The molecule has 3 aromatic rings. The number of Topliss-reactive ketones (excluding diaryl/α,β-unsaturated/α-hetero) is 1. The minimum Gasteiger partial charge on any atom is -0.451 e. The van der Waals surface area contributed by atoms with Gasteiger partial charge in [-0.05, 0) is 68.7 Å². The number of carbonyl (C=O) groups excluding carboxylic acids is 2. The molecule has 0 aliphatic rings. The van der Waals surface area contributed by atoms with Gasteiger partial charge in [-0.1, -0.05) is 18.2 Å². The number of thiazole rings is 1. The van der Waals surface area contributed by atoms with E-state index in [0.29, 0.717) is 5.56 Å². The number of hydrogen-bond acceptors (Lipinski definition) is 5. The average Bonchev–Trinajstić information content (AvgIpc) is 3.05. The van der Waals surface area contributed by atoms with E-state index in [-0.39, 0.29) is 5.78 Å². The van der Waals surface area contributed by atoms with Gasteiger partial charge in [0.15, 0.2) is 6.10 Å². The Labute approximate surface area is 162 Å². The summed E-state index contributed by atoms with van der Waals surface area (Å²) in [5.41, 5.74) is 4.54. The zero-order chi connectivity index (χ0) is 19.6. The molecule has 27 heavy (non-hydrogen) atoms. The predicted molar refractivity (Wildman–Crippen MR) is 109 cm³/mol. The van der Waals surface area contributed by atoms with Crippen LogP contribution >= 0.6 is 11.3 Å². The lowest BCUT2D eigenvalue weighted by molar-refractivity contribution is -0.140. The third-order valence-corrected chi connectivity index (χ3v) is 5.44. The number of aromatic nitrogens is 1. The predicted octanol–water partition coefficient (Wildman–Crippen LogP) is 5.05. The van der Waals surface area contributed by atoms with Crippen LogP contribution in [-0.2, 0) is 9.53 Å². The number of fused-ring (bicyclic) bond motifs is 1. The van der Waals surface area contributed by atoms with E-state index in [9.17, 15) is 9.59 Å². The molecule has 0 radical (unpaired) electrons. The number of hydrogen-bond donors (Lipinski definition) is 0. The number of rotatable bonds is 5. The number of carbonyl (C=O) groups is 2. The molecule has 0 saturated carbocycles. The summed E-state index contributed by atoms with van der Waals surface area (Å²) in [6, 6.07) is 11.6. The minimum atomic E-state index is -0.849. The van der Waals surface area contributed by atoms with Crippen molar-refractivity contribution in [2.24, 2.45) is 0 Å². The summed E-state index contributed by atoms with van der Waals surface area (Å²) in [5.74, 6) is -0.756. The average molecular weight is 379 g/mol. The van der Waals surface area contributed by atoms with E-state index in [2.05, 4.69) is 4.98 Å². The Morgan fingerprint density at radius 1 is 1.07 bits per heavy atom. The molecule has 1 unspecified atom stereocenters. The van der Waals surface area contributed by atoms with Gasteiger partial charge in [-0.3, -0.25) is 4.79 Å². The highest BCUT2D eigenvalue weighted by molar-refractivity contribution is 7.19. The number of aryl methyl sites for hydroxylation is 3. The van der Waals surface area contributed by atoms with Crippen molar-refractivity contribution in [1.29, 1.82) is 0 Å². The van der Waals surface area contributed by atoms with Crippen molar-refractivity contribution in [2.45, 2.75) is 33.8 Å². The zero-order valence-electron chi connectivity index (χ0n) is 15.8. The van der Waals surface area contributed by atoms with Crippen molar-refractivity contribution in [3.05, 3.63) is 69.7 Å². The van der Waals surface area contributed by atoms with Crippen molar-refractivity contribution < 1.29 is 14.3 Å². The van der Waals surface area contributed by atoms with Crippen LogP contribution in [0.5, 0.6) is 0 Å². The Morgan fingerprint density at radius 2 is 1.78 bits per heavy atom. The van der Waals surface area contributed by atoms with Crippen LogP contribution in [0.4, 0.5) is 0 Å². The van der Waals surface area contributed by atoms with Crippen molar-refractivity contribution in [1.82, 2.24) is 4.98 Å². The number of ether oxygens (including phenoxy) is 1. The molecule has 0 aliphatic heterocycles. The summed E-state index contributed by atoms with van der Waals surface area (Å²) in [6.45, 7) is 7.46. The van der Waals surface area contributed by atoms with E-state index in [1.54, 1.807) is 13.0 Å². The highest BCUT2D eigenvalue weighted by Crippen LogP contribution is 2.22. The Bertz CT molecular complexity index is 1020. The first kappa shape index (κ1) is 19.0.